The number of aromatic nitrogens is 2. The Hall–Kier alpha value is -2.41. The van der Waals surface area contributed by atoms with E-state index in [2.05, 4.69) is 10.1 Å². The molecule has 7 heteroatoms. The molecule has 3 rings (SSSR count). The summed E-state index contributed by atoms with van der Waals surface area (Å²) in [6.45, 7) is 4.86. The zero-order valence-corrected chi connectivity index (χ0v) is 12.5. The Balaban J connectivity index is 1.62. The summed E-state index contributed by atoms with van der Waals surface area (Å²) in [5.41, 5.74) is 2.34. The Morgan fingerprint density at radius 3 is 3.05 bits per heavy atom. The summed E-state index contributed by atoms with van der Waals surface area (Å²) < 4.78 is 15.8. The predicted octanol–water partition coefficient (Wildman–Crippen LogP) is 1.63. The number of rotatable bonds is 4. The van der Waals surface area contributed by atoms with Gasteiger partial charge in [0.15, 0.2) is 0 Å². The van der Waals surface area contributed by atoms with E-state index in [9.17, 15) is 4.79 Å². The fourth-order valence-electron chi connectivity index (χ4n) is 2.27. The van der Waals surface area contributed by atoms with Crippen LogP contribution in [0, 0.1) is 13.8 Å². The summed E-state index contributed by atoms with van der Waals surface area (Å²) in [5, 5.41) is 3.82. The third kappa shape index (κ3) is 3.09. The molecule has 0 unspecified atom stereocenters. The Kier molecular flexibility index (Phi) is 4.06. The zero-order valence-electron chi connectivity index (χ0n) is 12.5. The average molecular weight is 303 g/mol. The number of pyridine rings is 1. The molecule has 0 bridgehead atoms. The molecule has 2 aromatic rings. The van der Waals surface area contributed by atoms with Crippen molar-refractivity contribution in [2.45, 2.75) is 20.5 Å². The minimum atomic E-state index is -0.128. The zero-order chi connectivity index (χ0) is 15.5. The van der Waals surface area contributed by atoms with Crippen LogP contribution in [0.2, 0.25) is 0 Å². The van der Waals surface area contributed by atoms with Gasteiger partial charge in [0.2, 0.25) is 5.88 Å². The van der Waals surface area contributed by atoms with E-state index in [-0.39, 0.29) is 19.1 Å². The van der Waals surface area contributed by atoms with Gasteiger partial charge in [0, 0.05) is 12.3 Å². The first-order chi connectivity index (χ1) is 10.6. The van der Waals surface area contributed by atoms with E-state index in [0.29, 0.717) is 36.2 Å². The van der Waals surface area contributed by atoms with Crippen molar-refractivity contribution in [3.63, 3.8) is 0 Å². The predicted molar refractivity (Wildman–Crippen MR) is 77.7 cm³/mol. The highest BCUT2D eigenvalue weighted by molar-refractivity contribution is 5.95. The summed E-state index contributed by atoms with van der Waals surface area (Å²) in [6.07, 6.45) is 1.72. The lowest BCUT2D eigenvalue weighted by molar-refractivity contribution is -0.123. The van der Waals surface area contributed by atoms with Crippen molar-refractivity contribution in [3.05, 3.63) is 35.3 Å². The second-order valence-electron chi connectivity index (χ2n) is 5.15. The van der Waals surface area contributed by atoms with E-state index < -0.39 is 0 Å². The fraction of sp³-hybridized carbons (Fsp3) is 0.400. The first-order valence-corrected chi connectivity index (χ1v) is 7.03. The van der Waals surface area contributed by atoms with E-state index in [4.69, 9.17) is 14.0 Å². The van der Waals surface area contributed by atoms with Crippen molar-refractivity contribution in [3.8, 4) is 5.88 Å². The quantitative estimate of drug-likeness (QED) is 0.854. The molecule has 0 radical (unpaired) electrons. The monoisotopic (exact) mass is 303 g/mol. The molecule has 7 nitrogen and oxygen atoms in total. The smallest absolute Gasteiger partial charge is 0.253 e. The molecule has 1 aliphatic rings. The molecule has 3 heterocycles. The number of carbonyl (C=O) groups excluding carboxylic acids is 1. The number of ether oxygens (including phenoxy) is 2. The molecule has 0 spiro atoms. The minimum absolute atomic E-state index is 0.0285. The number of fused-ring (bicyclic) bond motifs is 1. The van der Waals surface area contributed by atoms with Crippen LogP contribution in [-0.2, 0) is 16.1 Å². The molecule has 22 heavy (non-hydrogen) atoms. The van der Waals surface area contributed by atoms with Crippen LogP contribution in [0.4, 0.5) is 5.69 Å². The highest BCUT2D eigenvalue weighted by Gasteiger charge is 2.24. The van der Waals surface area contributed by atoms with Crippen LogP contribution in [0.15, 0.2) is 22.9 Å². The third-order valence-electron chi connectivity index (χ3n) is 3.27. The highest BCUT2D eigenvalue weighted by atomic mass is 16.5. The number of amides is 1. The number of hydrogen-bond acceptors (Lipinski definition) is 6. The summed E-state index contributed by atoms with van der Waals surface area (Å²) in [7, 11) is 0. The standard InChI is InChI=1S/C15H17N3O4/c1-10-5-13-15(16-7-10)21-4-3-18(13)14(19)9-20-8-12-6-11(2)22-17-12/h5-7H,3-4,8-9H2,1-2H3. The van der Waals surface area contributed by atoms with Crippen molar-refractivity contribution in [1.82, 2.24) is 10.1 Å². The molecule has 0 N–H and O–H groups in total. The lowest BCUT2D eigenvalue weighted by Gasteiger charge is -2.28. The van der Waals surface area contributed by atoms with Gasteiger partial charge in [0.1, 0.15) is 30.4 Å². The Bertz CT molecular complexity index is 683. The van der Waals surface area contributed by atoms with Gasteiger partial charge in [0.25, 0.3) is 5.91 Å². The van der Waals surface area contributed by atoms with Gasteiger partial charge < -0.3 is 18.9 Å². The second kappa shape index (κ2) is 6.15. The molecule has 2 aromatic heterocycles. The van der Waals surface area contributed by atoms with Crippen LogP contribution >= 0.6 is 0 Å². The van der Waals surface area contributed by atoms with Crippen LogP contribution in [0.1, 0.15) is 17.0 Å². The summed E-state index contributed by atoms with van der Waals surface area (Å²) in [6, 6.07) is 3.67. The SMILES string of the molecule is Cc1cnc2c(c1)N(C(=O)COCc1cc(C)on1)CCO2. The van der Waals surface area contributed by atoms with Crippen molar-refractivity contribution < 1.29 is 18.8 Å². The van der Waals surface area contributed by atoms with E-state index in [0.717, 1.165) is 5.56 Å². The molecule has 0 saturated heterocycles. The van der Waals surface area contributed by atoms with E-state index in [1.165, 1.54) is 0 Å². The molecule has 0 aliphatic carbocycles. The molecule has 0 atom stereocenters. The molecular formula is C15H17N3O4. The maximum Gasteiger partial charge on any atom is 0.253 e. The minimum Gasteiger partial charge on any atom is -0.474 e. The Morgan fingerprint density at radius 1 is 1.41 bits per heavy atom. The number of hydrogen-bond donors (Lipinski definition) is 0. The van der Waals surface area contributed by atoms with Crippen molar-refractivity contribution in [1.29, 1.82) is 0 Å². The normalized spacial score (nSPS) is 13.6. The van der Waals surface area contributed by atoms with E-state index >= 15 is 0 Å². The lowest BCUT2D eigenvalue weighted by atomic mass is 10.2. The van der Waals surface area contributed by atoms with Gasteiger partial charge in [-0.05, 0) is 25.5 Å². The van der Waals surface area contributed by atoms with Crippen LogP contribution in [0.3, 0.4) is 0 Å². The van der Waals surface area contributed by atoms with Crippen LogP contribution < -0.4 is 9.64 Å². The maximum atomic E-state index is 12.3. The maximum absolute atomic E-state index is 12.3. The number of nitrogens with zero attached hydrogens (tertiary/aromatic N) is 3. The molecule has 0 saturated carbocycles. The highest BCUT2D eigenvalue weighted by Crippen LogP contribution is 2.29. The molecule has 0 fully saturated rings. The van der Waals surface area contributed by atoms with Gasteiger partial charge in [-0.2, -0.15) is 0 Å². The van der Waals surface area contributed by atoms with Crippen LogP contribution in [-0.4, -0.2) is 35.8 Å². The number of aryl methyl sites for hydroxylation is 2. The van der Waals surface area contributed by atoms with E-state index in [1.54, 1.807) is 17.2 Å². The molecule has 0 aromatic carbocycles. The van der Waals surface area contributed by atoms with Crippen LogP contribution in [0.25, 0.3) is 0 Å². The average Bonchev–Trinajstić information content (AvgIpc) is 2.92. The van der Waals surface area contributed by atoms with Crippen LogP contribution in [0.5, 0.6) is 5.88 Å². The number of carbonyl (C=O) groups is 1. The van der Waals surface area contributed by atoms with Gasteiger partial charge in [-0.25, -0.2) is 4.98 Å². The van der Waals surface area contributed by atoms with Gasteiger partial charge in [-0.3, -0.25) is 4.79 Å². The van der Waals surface area contributed by atoms with E-state index in [1.807, 2.05) is 19.9 Å². The largest absolute Gasteiger partial charge is 0.474 e. The Labute approximate surface area is 127 Å². The van der Waals surface area contributed by atoms with Gasteiger partial charge in [-0.15, -0.1) is 0 Å². The lowest BCUT2D eigenvalue weighted by Crippen LogP contribution is -2.40. The first kappa shape index (κ1) is 14.5. The van der Waals surface area contributed by atoms with Crippen molar-refractivity contribution in [2.75, 3.05) is 24.7 Å². The number of anilines is 1. The first-order valence-electron chi connectivity index (χ1n) is 7.03. The van der Waals surface area contributed by atoms with Crippen molar-refractivity contribution >= 4 is 11.6 Å². The fourth-order valence-corrected chi connectivity index (χ4v) is 2.27. The summed E-state index contributed by atoms with van der Waals surface area (Å²) >= 11 is 0. The summed E-state index contributed by atoms with van der Waals surface area (Å²) in [4.78, 5) is 18.2. The molecule has 1 amide bonds. The Morgan fingerprint density at radius 2 is 2.27 bits per heavy atom. The summed E-state index contributed by atoms with van der Waals surface area (Å²) in [5.74, 6) is 1.07. The van der Waals surface area contributed by atoms with Gasteiger partial charge in [-0.1, -0.05) is 5.16 Å². The molecular weight excluding hydrogens is 286 g/mol. The molecule has 1 aliphatic heterocycles. The topological polar surface area (TPSA) is 77.7 Å². The van der Waals surface area contributed by atoms with Crippen molar-refractivity contribution in [2.24, 2.45) is 0 Å². The second-order valence-corrected chi connectivity index (χ2v) is 5.15. The van der Waals surface area contributed by atoms with Gasteiger partial charge in [0.05, 0.1) is 13.2 Å². The van der Waals surface area contributed by atoms with Gasteiger partial charge >= 0.3 is 0 Å². The molecule has 116 valence electrons. The third-order valence-corrected chi connectivity index (χ3v) is 3.27.